The Morgan fingerprint density at radius 2 is 2.11 bits per heavy atom. The van der Waals surface area contributed by atoms with Gasteiger partial charge < -0.3 is 10.0 Å². The first-order valence-corrected chi connectivity index (χ1v) is 7.73. The summed E-state index contributed by atoms with van der Waals surface area (Å²) in [6.45, 7) is 0.283. The molecule has 1 rings (SSSR count). The summed E-state index contributed by atoms with van der Waals surface area (Å²) >= 11 is 0.876. The third-order valence-electron chi connectivity index (χ3n) is 2.33. The van der Waals surface area contributed by atoms with Crippen LogP contribution in [0.15, 0.2) is 15.7 Å². The summed E-state index contributed by atoms with van der Waals surface area (Å²) in [6, 6.07) is 1.22. The maximum absolute atomic E-state index is 11.9. The molecule has 19 heavy (non-hydrogen) atoms. The number of nitrogens with zero attached hydrogens (tertiary/aromatic N) is 1. The van der Waals surface area contributed by atoms with E-state index in [-0.39, 0.29) is 28.6 Å². The molecule has 0 fully saturated rings. The second-order valence-corrected chi connectivity index (χ2v) is 6.62. The fourth-order valence-corrected chi connectivity index (χ4v) is 2.95. The maximum Gasteiger partial charge on any atom is 0.303 e. The zero-order valence-corrected chi connectivity index (χ0v) is 11.8. The van der Waals surface area contributed by atoms with Gasteiger partial charge in [-0.1, -0.05) is 0 Å². The zero-order chi connectivity index (χ0) is 14.6. The van der Waals surface area contributed by atoms with E-state index in [1.54, 1.807) is 0 Å². The summed E-state index contributed by atoms with van der Waals surface area (Å²) in [5.41, 5.74) is 0.229. The van der Waals surface area contributed by atoms with Crippen LogP contribution >= 0.6 is 11.3 Å². The zero-order valence-electron chi connectivity index (χ0n) is 10.2. The van der Waals surface area contributed by atoms with Crippen LogP contribution in [0.3, 0.4) is 0 Å². The maximum atomic E-state index is 11.9. The Morgan fingerprint density at radius 3 is 2.58 bits per heavy atom. The van der Waals surface area contributed by atoms with E-state index in [1.807, 2.05) is 0 Å². The van der Waals surface area contributed by atoms with Crippen molar-refractivity contribution in [2.75, 3.05) is 13.6 Å². The highest BCUT2D eigenvalue weighted by Gasteiger charge is 2.17. The van der Waals surface area contributed by atoms with Gasteiger partial charge >= 0.3 is 5.97 Å². The number of carbonyl (C=O) groups is 2. The predicted molar refractivity (Wildman–Crippen MR) is 69.5 cm³/mol. The number of thiophene rings is 1. The number of sulfonamides is 1. The molecule has 0 saturated heterocycles. The monoisotopic (exact) mass is 306 g/mol. The van der Waals surface area contributed by atoms with Crippen LogP contribution in [0.4, 0.5) is 0 Å². The Kier molecular flexibility index (Phi) is 5.04. The fraction of sp³-hybridized carbons (Fsp3) is 0.400. The lowest BCUT2D eigenvalue weighted by molar-refractivity contribution is -0.137. The average Bonchev–Trinajstić information content (AvgIpc) is 2.76. The van der Waals surface area contributed by atoms with Gasteiger partial charge in [0.05, 0.1) is 5.56 Å². The largest absolute Gasteiger partial charge is 0.481 e. The molecule has 0 bridgehead atoms. The van der Waals surface area contributed by atoms with Crippen LogP contribution in [-0.2, 0) is 14.8 Å². The SMILES string of the molecule is CN(CCCC(=O)O)C(=O)c1csc(S(N)(=O)=O)c1. The molecule has 7 nitrogen and oxygen atoms in total. The quantitative estimate of drug-likeness (QED) is 0.785. The van der Waals surface area contributed by atoms with Crippen molar-refractivity contribution >= 4 is 33.2 Å². The van der Waals surface area contributed by atoms with Crippen LogP contribution in [0.25, 0.3) is 0 Å². The van der Waals surface area contributed by atoms with E-state index in [2.05, 4.69) is 0 Å². The van der Waals surface area contributed by atoms with Crippen molar-refractivity contribution in [2.24, 2.45) is 5.14 Å². The van der Waals surface area contributed by atoms with E-state index in [4.69, 9.17) is 10.2 Å². The van der Waals surface area contributed by atoms with Gasteiger partial charge in [0.15, 0.2) is 0 Å². The third-order valence-corrected chi connectivity index (χ3v) is 4.72. The molecule has 3 N–H and O–H groups in total. The van der Waals surface area contributed by atoms with Gasteiger partial charge in [0, 0.05) is 25.4 Å². The minimum absolute atomic E-state index is 0.0241. The van der Waals surface area contributed by atoms with E-state index in [0.29, 0.717) is 6.42 Å². The van der Waals surface area contributed by atoms with E-state index < -0.39 is 16.0 Å². The molecule has 1 aromatic rings. The lowest BCUT2D eigenvalue weighted by atomic mass is 10.2. The molecular formula is C10H14N2O5S2. The van der Waals surface area contributed by atoms with Gasteiger partial charge in [-0.25, -0.2) is 13.6 Å². The number of carboxylic acid groups (broad SMARTS) is 1. The van der Waals surface area contributed by atoms with Crippen molar-refractivity contribution < 1.29 is 23.1 Å². The summed E-state index contributed by atoms with van der Waals surface area (Å²) in [4.78, 5) is 23.6. The first-order valence-electron chi connectivity index (χ1n) is 5.30. The number of carboxylic acids is 1. The van der Waals surface area contributed by atoms with E-state index >= 15 is 0 Å². The topological polar surface area (TPSA) is 118 Å². The van der Waals surface area contributed by atoms with Gasteiger partial charge in [-0.2, -0.15) is 0 Å². The lowest BCUT2D eigenvalue weighted by Crippen LogP contribution is -2.27. The first-order chi connectivity index (χ1) is 8.71. The second-order valence-electron chi connectivity index (χ2n) is 3.92. The number of rotatable bonds is 6. The van der Waals surface area contributed by atoms with Crippen molar-refractivity contribution in [3.63, 3.8) is 0 Å². The Balaban J connectivity index is 2.67. The average molecular weight is 306 g/mol. The van der Waals surface area contributed by atoms with Crippen molar-refractivity contribution in [1.29, 1.82) is 0 Å². The first kappa shape index (κ1) is 15.6. The third kappa shape index (κ3) is 4.62. The molecule has 1 aromatic heterocycles. The van der Waals surface area contributed by atoms with Crippen LogP contribution in [-0.4, -0.2) is 43.9 Å². The molecule has 0 unspecified atom stereocenters. The van der Waals surface area contributed by atoms with Gasteiger partial charge in [-0.15, -0.1) is 11.3 Å². The Bertz CT molecular complexity index is 578. The molecule has 106 valence electrons. The van der Waals surface area contributed by atoms with Gasteiger partial charge in [0.25, 0.3) is 5.91 Å². The molecule has 0 saturated carbocycles. The molecule has 0 spiro atoms. The molecule has 1 amide bonds. The van der Waals surface area contributed by atoms with Crippen molar-refractivity contribution in [3.8, 4) is 0 Å². The lowest BCUT2D eigenvalue weighted by Gasteiger charge is -2.15. The smallest absolute Gasteiger partial charge is 0.303 e. The number of amides is 1. The van der Waals surface area contributed by atoms with Crippen LogP contribution in [0.1, 0.15) is 23.2 Å². The standard InChI is InChI=1S/C10H14N2O5S2/c1-12(4-2-3-8(13)14)10(15)7-5-9(18-6-7)19(11,16)17/h5-6H,2-4H2,1H3,(H,13,14)(H2,11,16,17). The predicted octanol–water partition coefficient (Wildman–Crippen LogP) is 0.332. The van der Waals surface area contributed by atoms with Crippen molar-refractivity contribution in [3.05, 3.63) is 17.0 Å². The van der Waals surface area contributed by atoms with Crippen LogP contribution < -0.4 is 5.14 Å². The number of carbonyl (C=O) groups excluding carboxylic acids is 1. The molecule has 0 atom stereocenters. The molecule has 0 aliphatic rings. The highest BCUT2D eigenvalue weighted by molar-refractivity contribution is 7.91. The molecule has 9 heteroatoms. The van der Waals surface area contributed by atoms with Gasteiger partial charge in [0.2, 0.25) is 10.0 Å². The minimum Gasteiger partial charge on any atom is -0.481 e. The Morgan fingerprint density at radius 1 is 1.47 bits per heavy atom. The molecule has 1 heterocycles. The van der Waals surface area contributed by atoms with Crippen molar-refractivity contribution in [1.82, 2.24) is 4.90 Å². The second kappa shape index (κ2) is 6.13. The van der Waals surface area contributed by atoms with E-state index in [0.717, 1.165) is 11.3 Å². The molecule has 0 aliphatic carbocycles. The summed E-state index contributed by atoms with van der Waals surface area (Å²) in [7, 11) is -2.27. The Labute approximate surface area is 114 Å². The van der Waals surface area contributed by atoms with Crippen LogP contribution in [0, 0.1) is 0 Å². The van der Waals surface area contributed by atoms with Gasteiger partial charge in [0.1, 0.15) is 4.21 Å². The van der Waals surface area contributed by atoms with Gasteiger partial charge in [-0.3, -0.25) is 9.59 Å². The molecule has 0 aromatic carbocycles. The van der Waals surface area contributed by atoms with Crippen LogP contribution in [0.5, 0.6) is 0 Å². The number of nitrogens with two attached hydrogens (primary N) is 1. The highest BCUT2D eigenvalue weighted by atomic mass is 32.2. The van der Waals surface area contributed by atoms with Crippen LogP contribution in [0.2, 0.25) is 0 Å². The van der Waals surface area contributed by atoms with E-state index in [1.165, 1.54) is 23.4 Å². The number of hydrogen-bond acceptors (Lipinski definition) is 5. The summed E-state index contributed by atoms with van der Waals surface area (Å²) in [6.07, 6.45) is 0.313. The highest BCUT2D eigenvalue weighted by Crippen LogP contribution is 2.19. The summed E-state index contributed by atoms with van der Waals surface area (Å²) in [5, 5.41) is 14.9. The van der Waals surface area contributed by atoms with Gasteiger partial charge in [-0.05, 0) is 12.5 Å². The van der Waals surface area contributed by atoms with Crippen molar-refractivity contribution in [2.45, 2.75) is 17.1 Å². The number of aliphatic carboxylic acids is 1. The number of hydrogen-bond donors (Lipinski definition) is 2. The molecular weight excluding hydrogens is 292 g/mol. The molecule has 0 radical (unpaired) electrons. The molecule has 0 aliphatic heterocycles. The normalized spacial score (nSPS) is 11.3. The summed E-state index contributed by atoms with van der Waals surface area (Å²) in [5.74, 6) is -1.29. The van der Waals surface area contributed by atoms with E-state index in [9.17, 15) is 18.0 Å². The fourth-order valence-electron chi connectivity index (χ4n) is 1.37. The summed E-state index contributed by atoms with van der Waals surface area (Å²) < 4.78 is 22.1. The minimum atomic E-state index is -3.80. The Hall–Kier alpha value is -1.45. The number of primary sulfonamides is 1.